The molecule has 1 amide bonds. The van der Waals surface area contributed by atoms with Gasteiger partial charge in [-0.05, 0) is 12.8 Å². The van der Waals surface area contributed by atoms with E-state index in [0.29, 0.717) is 6.54 Å². The minimum Gasteiger partial charge on any atom is -0.480 e. The van der Waals surface area contributed by atoms with E-state index in [2.05, 4.69) is 5.32 Å². The summed E-state index contributed by atoms with van der Waals surface area (Å²) in [7, 11) is 0. The summed E-state index contributed by atoms with van der Waals surface area (Å²) in [6.07, 6.45) is 5.59. The molecule has 5 heteroatoms. The topological polar surface area (TPSA) is 69.6 Å². The van der Waals surface area contributed by atoms with E-state index in [1.165, 1.54) is 6.42 Å². The highest BCUT2D eigenvalue weighted by Crippen LogP contribution is 2.23. The summed E-state index contributed by atoms with van der Waals surface area (Å²) in [6.45, 7) is 0.478. The molecule has 0 bridgehead atoms. The lowest BCUT2D eigenvalue weighted by Crippen LogP contribution is -2.59. The zero-order valence-corrected chi connectivity index (χ0v) is 9.32. The molecule has 2 aliphatic rings. The zero-order chi connectivity index (χ0) is 11.5. The summed E-state index contributed by atoms with van der Waals surface area (Å²) in [5.41, 5.74) is 0. The van der Waals surface area contributed by atoms with E-state index < -0.39 is 12.0 Å². The van der Waals surface area contributed by atoms with E-state index in [0.717, 1.165) is 25.7 Å². The maximum Gasteiger partial charge on any atom is 0.322 e. The normalized spacial score (nSPS) is 28.1. The van der Waals surface area contributed by atoms with Gasteiger partial charge in [0.05, 0.1) is 6.54 Å². The molecule has 0 spiro atoms. The number of rotatable bonds is 2. The van der Waals surface area contributed by atoms with E-state index >= 15 is 0 Å². The summed E-state index contributed by atoms with van der Waals surface area (Å²) in [6, 6.07) is -0.329. The van der Waals surface area contributed by atoms with Crippen LogP contribution in [0.15, 0.2) is 0 Å². The molecule has 0 aromatic carbocycles. The van der Waals surface area contributed by atoms with Crippen LogP contribution in [0.25, 0.3) is 0 Å². The highest BCUT2D eigenvalue weighted by Gasteiger charge is 2.33. The van der Waals surface area contributed by atoms with E-state index in [9.17, 15) is 9.59 Å². The fourth-order valence-corrected chi connectivity index (χ4v) is 2.59. The third kappa shape index (κ3) is 2.35. The van der Waals surface area contributed by atoms with Gasteiger partial charge in [0, 0.05) is 12.6 Å². The predicted molar refractivity (Wildman–Crippen MR) is 58.0 cm³/mol. The second kappa shape index (κ2) is 4.82. The molecule has 1 saturated carbocycles. The molecule has 2 rings (SSSR count). The van der Waals surface area contributed by atoms with Crippen LogP contribution in [0.5, 0.6) is 0 Å². The number of carbonyl (C=O) groups excluding carboxylic acids is 1. The molecule has 2 N–H and O–H groups in total. The quantitative estimate of drug-likeness (QED) is 0.706. The molecule has 1 heterocycles. The van der Waals surface area contributed by atoms with Crippen LogP contribution in [0.1, 0.15) is 32.1 Å². The minimum atomic E-state index is -0.867. The molecule has 2 fully saturated rings. The number of amides is 1. The van der Waals surface area contributed by atoms with Crippen LogP contribution in [0.2, 0.25) is 0 Å². The van der Waals surface area contributed by atoms with Crippen LogP contribution < -0.4 is 5.32 Å². The van der Waals surface area contributed by atoms with Crippen molar-refractivity contribution in [2.45, 2.75) is 44.2 Å². The van der Waals surface area contributed by atoms with Gasteiger partial charge in [-0.25, -0.2) is 0 Å². The maximum atomic E-state index is 11.7. The number of hydrogen-bond acceptors (Lipinski definition) is 3. The van der Waals surface area contributed by atoms with Crippen molar-refractivity contribution in [2.75, 3.05) is 13.1 Å². The number of piperazine rings is 1. The fourth-order valence-electron chi connectivity index (χ4n) is 2.59. The SMILES string of the molecule is O=C(O)C1CN(C2CCCCC2)C(=O)CN1. The van der Waals surface area contributed by atoms with Gasteiger partial charge in [-0.15, -0.1) is 0 Å². The Hall–Kier alpha value is -1.10. The monoisotopic (exact) mass is 226 g/mol. The van der Waals surface area contributed by atoms with Gasteiger partial charge in [-0.3, -0.25) is 14.9 Å². The van der Waals surface area contributed by atoms with Crippen LogP contribution >= 0.6 is 0 Å². The van der Waals surface area contributed by atoms with Gasteiger partial charge in [0.2, 0.25) is 5.91 Å². The average molecular weight is 226 g/mol. The van der Waals surface area contributed by atoms with Crippen LogP contribution in [0, 0.1) is 0 Å². The Morgan fingerprint density at radius 2 is 2.00 bits per heavy atom. The first-order valence-corrected chi connectivity index (χ1v) is 5.94. The van der Waals surface area contributed by atoms with E-state index in [-0.39, 0.29) is 18.5 Å². The van der Waals surface area contributed by atoms with E-state index in [1.807, 2.05) is 0 Å². The Morgan fingerprint density at radius 3 is 2.62 bits per heavy atom. The summed E-state index contributed by atoms with van der Waals surface area (Å²) < 4.78 is 0. The van der Waals surface area contributed by atoms with Crippen LogP contribution in [-0.4, -0.2) is 47.1 Å². The highest BCUT2D eigenvalue weighted by atomic mass is 16.4. The molecule has 0 aromatic rings. The lowest BCUT2D eigenvalue weighted by atomic mass is 9.93. The molecule has 1 atom stereocenters. The van der Waals surface area contributed by atoms with Crippen molar-refractivity contribution < 1.29 is 14.7 Å². The van der Waals surface area contributed by atoms with Gasteiger partial charge in [-0.1, -0.05) is 19.3 Å². The predicted octanol–water partition coefficient (Wildman–Crippen LogP) is 0.204. The molecule has 5 nitrogen and oxygen atoms in total. The molecule has 90 valence electrons. The molecule has 0 aromatic heterocycles. The number of carbonyl (C=O) groups is 2. The summed E-state index contributed by atoms with van der Waals surface area (Å²) >= 11 is 0. The van der Waals surface area contributed by atoms with Crippen molar-refractivity contribution in [1.29, 1.82) is 0 Å². The Balaban J connectivity index is 1.99. The van der Waals surface area contributed by atoms with Gasteiger partial charge in [0.15, 0.2) is 0 Å². The Labute approximate surface area is 94.8 Å². The number of aliphatic carboxylic acids is 1. The second-order valence-corrected chi connectivity index (χ2v) is 4.61. The van der Waals surface area contributed by atoms with Gasteiger partial charge in [0.1, 0.15) is 6.04 Å². The molecule has 1 saturated heterocycles. The van der Waals surface area contributed by atoms with Crippen LogP contribution in [0.4, 0.5) is 0 Å². The summed E-state index contributed by atoms with van der Waals surface area (Å²) in [4.78, 5) is 24.4. The van der Waals surface area contributed by atoms with Crippen LogP contribution in [-0.2, 0) is 9.59 Å². The molecule has 0 radical (unpaired) electrons. The first-order chi connectivity index (χ1) is 7.68. The zero-order valence-electron chi connectivity index (χ0n) is 9.32. The molecular weight excluding hydrogens is 208 g/mol. The molecule has 1 unspecified atom stereocenters. The molecule has 1 aliphatic carbocycles. The molecule has 1 aliphatic heterocycles. The Morgan fingerprint density at radius 1 is 1.31 bits per heavy atom. The standard InChI is InChI=1S/C11H18N2O3/c14-10-6-12-9(11(15)16)7-13(10)8-4-2-1-3-5-8/h8-9,12H,1-7H2,(H,15,16). The summed E-state index contributed by atoms with van der Waals surface area (Å²) in [5, 5.41) is 11.7. The van der Waals surface area contributed by atoms with Crippen LogP contribution in [0.3, 0.4) is 0 Å². The van der Waals surface area contributed by atoms with Gasteiger partial charge < -0.3 is 10.0 Å². The third-order valence-electron chi connectivity index (χ3n) is 3.51. The van der Waals surface area contributed by atoms with Crippen molar-refractivity contribution in [3.8, 4) is 0 Å². The second-order valence-electron chi connectivity index (χ2n) is 4.61. The lowest BCUT2D eigenvalue weighted by Gasteiger charge is -2.39. The third-order valence-corrected chi connectivity index (χ3v) is 3.51. The summed E-state index contributed by atoms with van der Waals surface area (Å²) in [5.74, 6) is -0.822. The van der Waals surface area contributed by atoms with E-state index in [1.54, 1.807) is 4.90 Å². The fraction of sp³-hybridized carbons (Fsp3) is 0.818. The average Bonchev–Trinajstić information content (AvgIpc) is 2.30. The first-order valence-electron chi connectivity index (χ1n) is 5.94. The van der Waals surface area contributed by atoms with Gasteiger partial charge in [-0.2, -0.15) is 0 Å². The first kappa shape index (κ1) is 11.4. The van der Waals surface area contributed by atoms with E-state index in [4.69, 9.17) is 5.11 Å². The van der Waals surface area contributed by atoms with Crippen molar-refractivity contribution in [3.63, 3.8) is 0 Å². The Kier molecular flexibility index (Phi) is 3.43. The number of nitrogens with zero attached hydrogens (tertiary/aromatic N) is 1. The smallest absolute Gasteiger partial charge is 0.322 e. The highest BCUT2D eigenvalue weighted by molar-refractivity contribution is 5.83. The van der Waals surface area contributed by atoms with Gasteiger partial charge in [0.25, 0.3) is 0 Å². The van der Waals surface area contributed by atoms with Gasteiger partial charge >= 0.3 is 5.97 Å². The number of carboxylic acids is 1. The number of hydrogen-bond donors (Lipinski definition) is 2. The lowest BCUT2D eigenvalue weighted by molar-refractivity contribution is -0.145. The van der Waals surface area contributed by atoms with Crippen molar-refractivity contribution in [3.05, 3.63) is 0 Å². The number of carboxylic acid groups (broad SMARTS) is 1. The maximum absolute atomic E-state index is 11.7. The van der Waals surface area contributed by atoms with Crippen molar-refractivity contribution in [2.24, 2.45) is 0 Å². The largest absolute Gasteiger partial charge is 0.480 e. The number of nitrogens with one attached hydrogen (secondary N) is 1. The molecule has 16 heavy (non-hydrogen) atoms. The molecular formula is C11H18N2O3. The minimum absolute atomic E-state index is 0.0457. The van der Waals surface area contributed by atoms with Crippen molar-refractivity contribution >= 4 is 11.9 Å². The Bertz CT molecular complexity index is 287. The van der Waals surface area contributed by atoms with Crippen molar-refractivity contribution in [1.82, 2.24) is 10.2 Å².